The molecule has 0 spiro atoms. The second-order valence-electron chi connectivity index (χ2n) is 14.0. The molecule has 9 aromatic carbocycles. The first-order chi connectivity index (χ1) is 25.3. The lowest BCUT2D eigenvalue weighted by Gasteiger charge is -2.21. The fourth-order valence-electron chi connectivity index (χ4n) is 9.15. The van der Waals surface area contributed by atoms with Crippen molar-refractivity contribution >= 4 is 44.0 Å². The summed E-state index contributed by atoms with van der Waals surface area (Å²) < 4.78 is 0. The van der Waals surface area contributed by atoms with E-state index in [4.69, 9.17) is 0 Å². The van der Waals surface area contributed by atoms with Crippen LogP contribution < -0.4 is 0 Å². The standard InChI is InChI=1S/C51H32/c1-2-14-32(15-3-1)46-30-33-16-4-5-20-38(33)48(46)34-17-12-18-35(28-34)49-42-23-8-10-25-44(42)51(45-26-11-9-24-43(45)49)37-29-36-19-13-27-41-39-21-6-7-22-40(39)47(31-37)50(36)41/h1-31,48H. The number of benzene rings is 9. The van der Waals surface area contributed by atoms with E-state index in [-0.39, 0.29) is 5.92 Å². The van der Waals surface area contributed by atoms with E-state index in [1.807, 2.05) is 0 Å². The molecule has 2 aliphatic rings. The second kappa shape index (κ2) is 11.0. The van der Waals surface area contributed by atoms with Crippen molar-refractivity contribution in [3.63, 3.8) is 0 Å². The van der Waals surface area contributed by atoms with Gasteiger partial charge in [-0.3, -0.25) is 0 Å². The Morgan fingerprint density at radius 2 is 0.922 bits per heavy atom. The zero-order valence-electron chi connectivity index (χ0n) is 28.0. The topological polar surface area (TPSA) is 0 Å². The summed E-state index contributed by atoms with van der Waals surface area (Å²) in [4.78, 5) is 0. The van der Waals surface area contributed by atoms with Crippen molar-refractivity contribution in [3.8, 4) is 44.5 Å². The van der Waals surface area contributed by atoms with Crippen LogP contribution in [0.15, 0.2) is 182 Å². The summed E-state index contributed by atoms with van der Waals surface area (Å²) in [7, 11) is 0. The molecule has 0 nitrogen and oxygen atoms in total. The molecule has 0 aromatic heterocycles. The molecule has 0 bridgehead atoms. The Balaban J connectivity index is 1.15. The minimum absolute atomic E-state index is 0.165. The number of rotatable bonds is 4. The molecule has 0 heteroatoms. The van der Waals surface area contributed by atoms with Crippen LogP contribution in [0.5, 0.6) is 0 Å². The van der Waals surface area contributed by atoms with Crippen molar-refractivity contribution in [2.24, 2.45) is 0 Å². The van der Waals surface area contributed by atoms with Gasteiger partial charge in [0.1, 0.15) is 0 Å². The van der Waals surface area contributed by atoms with Gasteiger partial charge < -0.3 is 0 Å². The Bertz CT molecular complexity index is 2850. The smallest absolute Gasteiger partial charge is 0.0352 e. The molecule has 1 atom stereocenters. The molecular weight excluding hydrogens is 613 g/mol. The molecule has 0 radical (unpaired) electrons. The first-order valence-corrected chi connectivity index (χ1v) is 17.9. The van der Waals surface area contributed by atoms with E-state index < -0.39 is 0 Å². The van der Waals surface area contributed by atoms with Gasteiger partial charge >= 0.3 is 0 Å². The van der Waals surface area contributed by atoms with E-state index >= 15 is 0 Å². The van der Waals surface area contributed by atoms with Crippen LogP contribution in [0.2, 0.25) is 0 Å². The molecule has 0 N–H and O–H groups in total. The third kappa shape index (κ3) is 4.20. The highest BCUT2D eigenvalue weighted by Crippen LogP contribution is 2.52. The highest BCUT2D eigenvalue weighted by atomic mass is 14.3. The fraction of sp³-hybridized carbons (Fsp3) is 0.0196. The monoisotopic (exact) mass is 644 g/mol. The van der Waals surface area contributed by atoms with Crippen LogP contribution in [-0.2, 0) is 0 Å². The Kier molecular flexibility index (Phi) is 6.12. The van der Waals surface area contributed by atoms with Crippen molar-refractivity contribution in [3.05, 3.63) is 204 Å². The second-order valence-corrected chi connectivity index (χ2v) is 14.0. The minimum Gasteiger partial charge on any atom is -0.0622 e. The van der Waals surface area contributed by atoms with Gasteiger partial charge in [-0.05, 0) is 123 Å². The van der Waals surface area contributed by atoms with Crippen molar-refractivity contribution in [2.75, 3.05) is 0 Å². The maximum absolute atomic E-state index is 2.45. The van der Waals surface area contributed by atoms with Gasteiger partial charge in [0, 0.05) is 5.92 Å². The lowest BCUT2D eigenvalue weighted by molar-refractivity contribution is 1.07. The van der Waals surface area contributed by atoms with E-state index in [9.17, 15) is 0 Å². The van der Waals surface area contributed by atoms with Crippen LogP contribution >= 0.6 is 0 Å². The summed E-state index contributed by atoms with van der Waals surface area (Å²) in [6, 6.07) is 67.6. The van der Waals surface area contributed by atoms with Crippen molar-refractivity contribution < 1.29 is 0 Å². The van der Waals surface area contributed by atoms with Gasteiger partial charge in [-0.1, -0.05) is 170 Å². The zero-order valence-corrected chi connectivity index (χ0v) is 28.0. The third-order valence-electron chi connectivity index (χ3n) is 11.2. The average Bonchev–Trinajstić information content (AvgIpc) is 3.74. The average molecular weight is 645 g/mol. The summed E-state index contributed by atoms with van der Waals surface area (Å²) in [5.74, 6) is 0.165. The SMILES string of the molecule is C1=C(c2ccccc2)C(c2cccc(-c3c4ccccc4c(-c4cc5c6c(cccc6c4)-c4ccccc4-5)c4ccccc34)c2)c2ccccc21. The molecule has 2 aliphatic carbocycles. The maximum Gasteiger partial charge on any atom is 0.0352 e. The maximum atomic E-state index is 2.45. The highest BCUT2D eigenvalue weighted by molar-refractivity contribution is 6.23. The summed E-state index contributed by atoms with van der Waals surface area (Å²) in [6.45, 7) is 0. The van der Waals surface area contributed by atoms with Crippen molar-refractivity contribution in [1.82, 2.24) is 0 Å². The number of fused-ring (bicyclic) bond motifs is 6. The van der Waals surface area contributed by atoms with Crippen LogP contribution in [0.3, 0.4) is 0 Å². The molecule has 0 saturated carbocycles. The molecule has 0 amide bonds. The number of hydrogen-bond acceptors (Lipinski definition) is 0. The molecule has 9 aromatic rings. The molecular formula is C51H32. The lowest BCUT2D eigenvalue weighted by atomic mass is 9.82. The first kappa shape index (κ1) is 28.3. The molecule has 0 fully saturated rings. The Hall–Kier alpha value is -6.50. The van der Waals surface area contributed by atoms with E-state index in [1.165, 1.54) is 105 Å². The third-order valence-corrected chi connectivity index (χ3v) is 11.2. The highest BCUT2D eigenvalue weighted by Gasteiger charge is 2.28. The summed E-state index contributed by atoms with van der Waals surface area (Å²) in [5, 5.41) is 7.77. The molecule has 0 saturated heterocycles. The predicted octanol–water partition coefficient (Wildman–Crippen LogP) is 13.8. The molecule has 0 heterocycles. The van der Waals surface area contributed by atoms with Gasteiger partial charge in [-0.2, -0.15) is 0 Å². The first-order valence-electron chi connectivity index (χ1n) is 17.9. The van der Waals surface area contributed by atoms with E-state index in [0.717, 1.165) is 0 Å². The van der Waals surface area contributed by atoms with Gasteiger partial charge in [0.25, 0.3) is 0 Å². The van der Waals surface area contributed by atoms with Gasteiger partial charge in [-0.25, -0.2) is 0 Å². The van der Waals surface area contributed by atoms with Gasteiger partial charge in [0.2, 0.25) is 0 Å². The summed E-state index contributed by atoms with van der Waals surface area (Å²) in [6.07, 6.45) is 2.39. The largest absolute Gasteiger partial charge is 0.0622 e. The molecule has 0 aliphatic heterocycles. The van der Waals surface area contributed by atoms with Crippen LogP contribution in [0.25, 0.3) is 88.5 Å². The Labute approximate surface area is 297 Å². The quantitative estimate of drug-likeness (QED) is 0.167. The zero-order chi connectivity index (χ0) is 33.5. The summed E-state index contributed by atoms with van der Waals surface area (Å²) >= 11 is 0. The number of hydrogen-bond donors (Lipinski definition) is 0. The van der Waals surface area contributed by atoms with Crippen LogP contribution in [0.1, 0.15) is 28.2 Å². The molecule has 11 rings (SSSR count). The van der Waals surface area contributed by atoms with Crippen LogP contribution in [0.4, 0.5) is 0 Å². The van der Waals surface area contributed by atoms with Crippen LogP contribution in [0, 0.1) is 0 Å². The number of allylic oxidation sites excluding steroid dienone is 1. The van der Waals surface area contributed by atoms with Gasteiger partial charge in [0.15, 0.2) is 0 Å². The van der Waals surface area contributed by atoms with Crippen molar-refractivity contribution in [1.29, 1.82) is 0 Å². The van der Waals surface area contributed by atoms with E-state index in [0.29, 0.717) is 0 Å². The van der Waals surface area contributed by atoms with Crippen molar-refractivity contribution in [2.45, 2.75) is 5.92 Å². The van der Waals surface area contributed by atoms with E-state index in [1.54, 1.807) is 0 Å². The van der Waals surface area contributed by atoms with Gasteiger partial charge in [-0.15, -0.1) is 0 Å². The summed E-state index contributed by atoms with van der Waals surface area (Å²) in [5.41, 5.74) is 17.0. The van der Waals surface area contributed by atoms with Crippen LogP contribution in [-0.4, -0.2) is 0 Å². The van der Waals surface area contributed by atoms with E-state index in [2.05, 4.69) is 188 Å². The fourth-order valence-corrected chi connectivity index (χ4v) is 9.15. The van der Waals surface area contributed by atoms with Gasteiger partial charge in [0.05, 0.1) is 0 Å². The lowest BCUT2D eigenvalue weighted by Crippen LogP contribution is -2.01. The predicted molar refractivity (Wildman–Crippen MR) is 217 cm³/mol. The Morgan fingerprint density at radius 1 is 0.353 bits per heavy atom. The molecule has 51 heavy (non-hydrogen) atoms. The normalized spacial score (nSPS) is 14.2. The molecule has 1 unspecified atom stereocenters. The molecule has 236 valence electrons. The Morgan fingerprint density at radius 3 is 1.67 bits per heavy atom. The minimum atomic E-state index is 0.165.